The molecule has 0 spiro atoms. The molecule has 1 aromatic carbocycles. The Labute approximate surface area is 177 Å². The Morgan fingerprint density at radius 2 is 1.48 bits per heavy atom. The fraction of sp³-hybridized carbons (Fsp3) is 0.667. The quantitative estimate of drug-likeness (QED) is 0.550. The minimum atomic E-state index is 0.107. The highest BCUT2D eigenvalue weighted by atomic mass is 16.2. The summed E-state index contributed by atoms with van der Waals surface area (Å²) < 4.78 is 0. The summed E-state index contributed by atoms with van der Waals surface area (Å²) in [5.41, 5.74) is 2.43. The lowest BCUT2D eigenvalue weighted by molar-refractivity contribution is -0.132. The summed E-state index contributed by atoms with van der Waals surface area (Å²) >= 11 is 0. The molecule has 1 aromatic rings. The lowest BCUT2D eigenvalue weighted by atomic mass is 10.1. The van der Waals surface area contributed by atoms with Gasteiger partial charge < -0.3 is 14.7 Å². The van der Waals surface area contributed by atoms with Crippen LogP contribution in [0.25, 0.3) is 0 Å². The van der Waals surface area contributed by atoms with E-state index in [0.717, 1.165) is 44.6 Å². The molecule has 0 N–H and O–H groups in total. The third-order valence-corrected chi connectivity index (χ3v) is 5.62. The van der Waals surface area contributed by atoms with Gasteiger partial charge in [0, 0.05) is 58.3 Å². The second-order valence-electron chi connectivity index (χ2n) is 8.20. The molecule has 0 aliphatic carbocycles. The zero-order valence-electron chi connectivity index (χ0n) is 18.7. The lowest BCUT2D eigenvalue weighted by Crippen LogP contribution is -2.32. The maximum absolute atomic E-state index is 12.5. The molecule has 0 radical (unpaired) electrons. The van der Waals surface area contributed by atoms with Crippen molar-refractivity contribution in [1.29, 1.82) is 0 Å². The van der Waals surface area contributed by atoms with Gasteiger partial charge in [-0.15, -0.1) is 0 Å². The van der Waals surface area contributed by atoms with Crippen molar-refractivity contribution >= 4 is 17.5 Å². The standard InChI is InChI=1S/C24H39N3O2/c1-4-16-27(17-5-2)24(29)11-9-10-23(28)25(3)20-21-12-14-22(15-13-21)26-18-7-6-8-19-26/h12-15H,4-11,16-20H2,1-3H3. The van der Waals surface area contributed by atoms with Crippen molar-refractivity contribution in [2.45, 2.75) is 71.8 Å². The maximum atomic E-state index is 12.5. The van der Waals surface area contributed by atoms with Crippen molar-refractivity contribution in [1.82, 2.24) is 9.80 Å². The number of amides is 2. The summed E-state index contributed by atoms with van der Waals surface area (Å²) in [7, 11) is 1.85. The average Bonchev–Trinajstić information content (AvgIpc) is 2.74. The van der Waals surface area contributed by atoms with Crippen molar-refractivity contribution in [3.05, 3.63) is 29.8 Å². The molecule has 5 nitrogen and oxygen atoms in total. The molecule has 1 aliphatic rings. The molecular weight excluding hydrogens is 362 g/mol. The number of hydrogen-bond acceptors (Lipinski definition) is 3. The molecule has 1 heterocycles. The minimum Gasteiger partial charge on any atom is -0.372 e. The zero-order valence-corrected chi connectivity index (χ0v) is 18.7. The number of piperidine rings is 1. The molecule has 2 amide bonds. The Balaban J connectivity index is 1.74. The first-order chi connectivity index (χ1) is 14.0. The van der Waals surface area contributed by atoms with Crippen LogP contribution in [-0.2, 0) is 16.1 Å². The van der Waals surface area contributed by atoms with E-state index < -0.39 is 0 Å². The van der Waals surface area contributed by atoms with Crippen LogP contribution < -0.4 is 4.90 Å². The molecular formula is C24H39N3O2. The highest BCUT2D eigenvalue weighted by molar-refractivity contribution is 5.79. The zero-order chi connectivity index (χ0) is 21.1. The fourth-order valence-electron chi connectivity index (χ4n) is 3.97. The van der Waals surface area contributed by atoms with Gasteiger partial charge in [-0.2, -0.15) is 0 Å². The van der Waals surface area contributed by atoms with E-state index in [4.69, 9.17) is 0 Å². The Morgan fingerprint density at radius 3 is 2.07 bits per heavy atom. The number of carbonyl (C=O) groups excluding carboxylic acids is 2. The van der Waals surface area contributed by atoms with Gasteiger partial charge in [-0.25, -0.2) is 0 Å². The van der Waals surface area contributed by atoms with Crippen LogP contribution in [0, 0.1) is 0 Å². The van der Waals surface area contributed by atoms with Gasteiger partial charge in [-0.05, 0) is 56.2 Å². The monoisotopic (exact) mass is 401 g/mol. The van der Waals surface area contributed by atoms with Crippen LogP contribution in [0.3, 0.4) is 0 Å². The normalized spacial score (nSPS) is 14.0. The van der Waals surface area contributed by atoms with E-state index in [1.807, 2.05) is 11.9 Å². The van der Waals surface area contributed by atoms with Crippen LogP contribution in [0.4, 0.5) is 5.69 Å². The number of anilines is 1. The van der Waals surface area contributed by atoms with Crippen LogP contribution in [0.2, 0.25) is 0 Å². The van der Waals surface area contributed by atoms with Crippen molar-refractivity contribution in [3.63, 3.8) is 0 Å². The third kappa shape index (κ3) is 7.71. The van der Waals surface area contributed by atoms with Gasteiger partial charge in [0.15, 0.2) is 0 Å². The first-order valence-electron chi connectivity index (χ1n) is 11.4. The molecule has 162 valence electrons. The van der Waals surface area contributed by atoms with Crippen LogP contribution in [0.1, 0.15) is 70.8 Å². The van der Waals surface area contributed by atoms with E-state index in [2.05, 4.69) is 43.0 Å². The van der Waals surface area contributed by atoms with Gasteiger partial charge in [0.25, 0.3) is 0 Å². The van der Waals surface area contributed by atoms with Crippen molar-refractivity contribution in [2.24, 2.45) is 0 Å². The van der Waals surface area contributed by atoms with Gasteiger partial charge in [-0.1, -0.05) is 26.0 Å². The van der Waals surface area contributed by atoms with E-state index in [1.54, 1.807) is 4.90 Å². The number of hydrogen-bond donors (Lipinski definition) is 0. The van der Waals surface area contributed by atoms with Crippen molar-refractivity contribution in [2.75, 3.05) is 38.1 Å². The molecule has 5 heteroatoms. The second-order valence-corrected chi connectivity index (χ2v) is 8.20. The molecule has 2 rings (SSSR count). The molecule has 1 saturated heterocycles. The van der Waals surface area contributed by atoms with E-state index in [0.29, 0.717) is 25.8 Å². The summed E-state index contributed by atoms with van der Waals surface area (Å²) in [5.74, 6) is 0.285. The van der Waals surface area contributed by atoms with Crippen LogP contribution in [-0.4, -0.2) is 54.8 Å². The molecule has 29 heavy (non-hydrogen) atoms. The van der Waals surface area contributed by atoms with Crippen LogP contribution >= 0.6 is 0 Å². The molecule has 0 atom stereocenters. The second kappa shape index (κ2) is 12.5. The first-order valence-corrected chi connectivity index (χ1v) is 11.4. The molecule has 0 unspecified atom stereocenters. The predicted molar refractivity (Wildman–Crippen MR) is 120 cm³/mol. The topological polar surface area (TPSA) is 43.9 Å². The largest absolute Gasteiger partial charge is 0.372 e. The minimum absolute atomic E-state index is 0.107. The summed E-state index contributed by atoms with van der Waals surface area (Å²) in [6.07, 6.45) is 7.35. The number of benzene rings is 1. The summed E-state index contributed by atoms with van der Waals surface area (Å²) in [4.78, 5) is 30.9. The van der Waals surface area contributed by atoms with E-state index >= 15 is 0 Å². The van der Waals surface area contributed by atoms with E-state index in [-0.39, 0.29) is 11.8 Å². The summed E-state index contributed by atoms with van der Waals surface area (Å²) in [6, 6.07) is 8.61. The van der Waals surface area contributed by atoms with Gasteiger partial charge in [-0.3, -0.25) is 9.59 Å². The lowest BCUT2D eigenvalue weighted by Gasteiger charge is -2.29. The smallest absolute Gasteiger partial charge is 0.222 e. The molecule has 1 aliphatic heterocycles. The number of rotatable bonds is 11. The van der Waals surface area contributed by atoms with Crippen LogP contribution in [0.5, 0.6) is 0 Å². The SMILES string of the molecule is CCCN(CCC)C(=O)CCCC(=O)N(C)Cc1ccc(N2CCCCC2)cc1. The summed E-state index contributed by atoms with van der Waals surface area (Å²) in [5, 5.41) is 0. The van der Waals surface area contributed by atoms with E-state index in [1.165, 1.54) is 24.9 Å². The number of nitrogens with zero attached hydrogens (tertiary/aromatic N) is 3. The third-order valence-electron chi connectivity index (χ3n) is 5.62. The van der Waals surface area contributed by atoms with Crippen molar-refractivity contribution in [3.8, 4) is 0 Å². The first kappa shape index (κ1) is 23.2. The van der Waals surface area contributed by atoms with E-state index in [9.17, 15) is 9.59 Å². The van der Waals surface area contributed by atoms with Crippen LogP contribution in [0.15, 0.2) is 24.3 Å². The highest BCUT2D eigenvalue weighted by Gasteiger charge is 2.15. The van der Waals surface area contributed by atoms with Gasteiger partial charge in [0.2, 0.25) is 11.8 Å². The fourth-order valence-corrected chi connectivity index (χ4v) is 3.97. The highest BCUT2D eigenvalue weighted by Crippen LogP contribution is 2.20. The average molecular weight is 402 g/mol. The molecule has 0 bridgehead atoms. The maximum Gasteiger partial charge on any atom is 0.222 e. The Hall–Kier alpha value is -2.04. The Kier molecular flexibility index (Phi) is 10.0. The van der Waals surface area contributed by atoms with Gasteiger partial charge in [0.05, 0.1) is 0 Å². The predicted octanol–water partition coefficient (Wildman–Crippen LogP) is 4.45. The molecule has 0 saturated carbocycles. The van der Waals surface area contributed by atoms with Crippen molar-refractivity contribution < 1.29 is 9.59 Å². The summed E-state index contributed by atoms with van der Waals surface area (Å²) in [6.45, 7) is 8.71. The van der Waals surface area contributed by atoms with Gasteiger partial charge in [0.1, 0.15) is 0 Å². The molecule has 0 aromatic heterocycles. The number of carbonyl (C=O) groups is 2. The Morgan fingerprint density at radius 1 is 0.897 bits per heavy atom. The Bertz CT molecular complexity index is 618. The van der Waals surface area contributed by atoms with Gasteiger partial charge >= 0.3 is 0 Å². The molecule has 1 fully saturated rings.